The molecule has 40 heavy (non-hydrogen) atoms. The highest BCUT2D eigenvalue weighted by atomic mass is 35.5. The molecule has 0 aliphatic carbocycles. The van der Waals surface area contributed by atoms with Crippen LogP contribution < -0.4 is 9.62 Å². The Kier molecular flexibility index (Phi) is 10.0. The zero-order valence-electron chi connectivity index (χ0n) is 23.9. The summed E-state index contributed by atoms with van der Waals surface area (Å²) < 4.78 is 27.0. The van der Waals surface area contributed by atoms with E-state index in [1.165, 1.54) is 4.90 Å². The van der Waals surface area contributed by atoms with Crippen molar-refractivity contribution in [1.82, 2.24) is 10.2 Å². The summed E-state index contributed by atoms with van der Waals surface area (Å²) in [5.41, 5.74) is 3.10. The summed E-state index contributed by atoms with van der Waals surface area (Å²) in [4.78, 5) is 29.4. The van der Waals surface area contributed by atoms with Crippen molar-refractivity contribution in [2.75, 3.05) is 17.1 Å². The van der Waals surface area contributed by atoms with Crippen molar-refractivity contribution in [3.05, 3.63) is 100 Å². The first-order valence-electron chi connectivity index (χ1n) is 13.1. The van der Waals surface area contributed by atoms with Crippen LogP contribution in [0.2, 0.25) is 5.02 Å². The van der Waals surface area contributed by atoms with Crippen molar-refractivity contribution in [3.63, 3.8) is 0 Å². The van der Waals surface area contributed by atoms with Crippen molar-refractivity contribution < 1.29 is 18.0 Å². The third-order valence-electron chi connectivity index (χ3n) is 6.24. The molecule has 214 valence electrons. The number of halogens is 1. The van der Waals surface area contributed by atoms with Gasteiger partial charge in [0.25, 0.3) is 0 Å². The molecule has 1 unspecified atom stereocenters. The van der Waals surface area contributed by atoms with E-state index in [9.17, 15) is 18.0 Å². The van der Waals surface area contributed by atoms with E-state index >= 15 is 0 Å². The van der Waals surface area contributed by atoms with Gasteiger partial charge in [-0.05, 0) is 75.1 Å². The highest BCUT2D eigenvalue weighted by Crippen LogP contribution is 2.24. The largest absolute Gasteiger partial charge is 0.350 e. The number of amides is 2. The monoisotopic (exact) mass is 583 g/mol. The molecule has 1 atom stereocenters. The summed E-state index contributed by atoms with van der Waals surface area (Å²) in [5.74, 6) is -0.858. The van der Waals surface area contributed by atoms with E-state index in [0.29, 0.717) is 16.3 Å². The van der Waals surface area contributed by atoms with Crippen LogP contribution in [0.5, 0.6) is 0 Å². The van der Waals surface area contributed by atoms with Crippen LogP contribution in [0.1, 0.15) is 43.0 Å². The average molecular weight is 584 g/mol. The van der Waals surface area contributed by atoms with Gasteiger partial charge in [0, 0.05) is 23.5 Å². The Morgan fingerprint density at radius 2 is 1.50 bits per heavy atom. The van der Waals surface area contributed by atoms with Gasteiger partial charge in [0.15, 0.2) is 0 Å². The number of sulfonamides is 1. The molecule has 0 heterocycles. The molecule has 0 bridgehead atoms. The molecule has 1 N–H and O–H groups in total. The SMILES string of the molecule is Cc1cc(C)cc(N(CC(=O)N(Cc2ccccc2Cl)C(Cc2ccccc2)C(=O)NC(C)(C)C)S(C)(=O)=O)c1. The van der Waals surface area contributed by atoms with Gasteiger partial charge in [0.05, 0.1) is 11.9 Å². The van der Waals surface area contributed by atoms with Gasteiger partial charge in [0.1, 0.15) is 12.6 Å². The van der Waals surface area contributed by atoms with E-state index in [1.807, 2.05) is 77.1 Å². The molecule has 0 saturated carbocycles. The Morgan fingerprint density at radius 3 is 2.05 bits per heavy atom. The van der Waals surface area contributed by atoms with E-state index < -0.39 is 34.1 Å². The smallest absolute Gasteiger partial charge is 0.244 e. The van der Waals surface area contributed by atoms with Crippen LogP contribution in [0, 0.1) is 13.8 Å². The van der Waals surface area contributed by atoms with Gasteiger partial charge in [-0.15, -0.1) is 0 Å². The number of nitrogens with zero attached hydrogens (tertiary/aromatic N) is 2. The van der Waals surface area contributed by atoms with E-state index in [0.717, 1.165) is 27.3 Å². The second-order valence-corrected chi connectivity index (χ2v) is 13.5. The lowest BCUT2D eigenvalue weighted by Gasteiger charge is -2.35. The fourth-order valence-corrected chi connectivity index (χ4v) is 5.55. The molecule has 0 fully saturated rings. The number of aryl methyl sites for hydroxylation is 2. The molecule has 0 radical (unpaired) electrons. The van der Waals surface area contributed by atoms with Crippen LogP contribution in [0.15, 0.2) is 72.8 Å². The second-order valence-electron chi connectivity index (χ2n) is 11.2. The van der Waals surface area contributed by atoms with Crippen LogP contribution >= 0.6 is 11.6 Å². The lowest BCUT2D eigenvalue weighted by Crippen LogP contribution is -2.56. The first-order valence-corrected chi connectivity index (χ1v) is 15.3. The number of anilines is 1. The predicted octanol–water partition coefficient (Wildman–Crippen LogP) is 5.28. The number of hydrogen-bond donors (Lipinski definition) is 1. The Labute approximate surface area is 243 Å². The van der Waals surface area contributed by atoms with E-state index in [-0.39, 0.29) is 18.9 Å². The highest BCUT2D eigenvalue weighted by molar-refractivity contribution is 7.92. The van der Waals surface area contributed by atoms with Gasteiger partial charge in [-0.2, -0.15) is 0 Å². The minimum atomic E-state index is -3.84. The molecule has 0 saturated heterocycles. The van der Waals surface area contributed by atoms with Crippen molar-refractivity contribution in [2.24, 2.45) is 0 Å². The Hall–Kier alpha value is -3.36. The third-order valence-corrected chi connectivity index (χ3v) is 7.75. The summed E-state index contributed by atoms with van der Waals surface area (Å²) in [6, 6.07) is 21.0. The van der Waals surface area contributed by atoms with Crippen LogP contribution in [0.4, 0.5) is 5.69 Å². The minimum absolute atomic E-state index is 0.0258. The summed E-state index contributed by atoms with van der Waals surface area (Å²) >= 11 is 6.49. The van der Waals surface area contributed by atoms with Gasteiger partial charge in [-0.25, -0.2) is 8.42 Å². The molecule has 7 nitrogen and oxygen atoms in total. The molecule has 0 spiro atoms. The summed E-state index contributed by atoms with van der Waals surface area (Å²) in [5, 5.41) is 3.46. The maximum atomic E-state index is 14.2. The normalized spacial score (nSPS) is 12.5. The maximum Gasteiger partial charge on any atom is 0.244 e. The quantitative estimate of drug-likeness (QED) is 0.352. The fourth-order valence-electron chi connectivity index (χ4n) is 4.53. The van der Waals surface area contributed by atoms with Gasteiger partial charge < -0.3 is 10.2 Å². The van der Waals surface area contributed by atoms with Crippen LogP contribution in [0.3, 0.4) is 0 Å². The highest BCUT2D eigenvalue weighted by Gasteiger charge is 2.34. The lowest BCUT2D eigenvalue weighted by molar-refractivity contribution is -0.140. The van der Waals surface area contributed by atoms with Crippen molar-refractivity contribution in [3.8, 4) is 0 Å². The van der Waals surface area contributed by atoms with Crippen molar-refractivity contribution in [1.29, 1.82) is 0 Å². The Morgan fingerprint density at radius 1 is 0.925 bits per heavy atom. The van der Waals surface area contributed by atoms with Crippen LogP contribution in [-0.2, 0) is 32.6 Å². The first kappa shape index (κ1) is 31.2. The molecular weight excluding hydrogens is 546 g/mol. The van der Waals surface area contributed by atoms with Crippen molar-refractivity contribution in [2.45, 2.75) is 59.2 Å². The van der Waals surface area contributed by atoms with Crippen molar-refractivity contribution >= 4 is 39.1 Å². The number of hydrogen-bond acceptors (Lipinski definition) is 4. The first-order chi connectivity index (χ1) is 18.6. The number of rotatable bonds is 10. The van der Waals surface area contributed by atoms with Gasteiger partial charge >= 0.3 is 0 Å². The molecule has 2 amide bonds. The fraction of sp³-hybridized carbons (Fsp3) is 0.355. The number of carbonyl (C=O) groups is 2. The zero-order chi connectivity index (χ0) is 29.7. The van der Waals surface area contributed by atoms with E-state index in [2.05, 4.69) is 5.32 Å². The van der Waals surface area contributed by atoms with Gasteiger partial charge in [0.2, 0.25) is 21.8 Å². The molecule has 0 aromatic heterocycles. The number of nitrogens with one attached hydrogen (secondary N) is 1. The second kappa shape index (κ2) is 12.9. The molecule has 3 aromatic rings. The molecule has 0 aliphatic heterocycles. The topological polar surface area (TPSA) is 86.8 Å². The standard InChI is InChI=1S/C31H38ClN3O4S/c1-22-16-23(2)18-26(17-22)35(40(6,38)39)21-29(36)34(20-25-14-10-11-15-27(25)32)28(30(37)33-31(3,4)5)19-24-12-8-7-9-13-24/h7-18,28H,19-21H2,1-6H3,(H,33,37). The minimum Gasteiger partial charge on any atom is -0.350 e. The third kappa shape index (κ3) is 8.83. The predicted molar refractivity (Wildman–Crippen MR) is 162 cm³/mol. The zero-order valence-corrected chi connectivity index (χ0v) is 25.5. The molecular formula is C31H38ClN3O4S. The maximum absolute atomic E-state index is 14.2. The van der Waals surface area contributed by atoms with E-state index in [4.69, 9.17) is 11.6 Å². The Balaban J connectivity index is 2.10. The lowest BCUT2D eigenvalue weighted by atomic mass is 10.0. The average Bonchev–Trinajstić information content (AvgIpc) is 2.83. The van der Waals surface area contributed by atoms with E-state index in [1.54, 1.807) is 30.3 Å². The molecule has 3 rings (SSSR count). The van der Waals surface area contributed by atoms with Gasteiger partial charge in [-0.1, -0.05) is 66.2 Å². The number of carbonyl (C=O) groups excluding carboxylic acids is 2. The van der Waals surface area contributed by atoms with Crippen LogP contribution in [-0.4, -0.2) is 49.5 Å². The molecule has 9 heteroatoms. The Bertz CT molecular complexity index is 1430. The summed E-state index contributed by atoms with van der Waals surface area (Å²) in [6.45, 7) is 8.91. The van der Waals surface area contributed by atoms with Gasteiger partial charge in [-0.3, -0.25) is 13.9 Å². The summed E-state index contributed by atoms with van der Waals surface area (Å²) in [6.07, 6.45) is 1.31. The molecule has 3 aromatic carbocycles. The van der Waals surface area contributed by atoms with Crippen LogP contribution in [0.25, 0.3) is 0 Å². The molecule has 0 aliphatic rings. The number of benzene rings is 3. The summed E-state index contributed by atoms with van der Waals surface area (Å²) in [7, 11) is -3.84.